The smallest absolute Gasteiger partial charge is 0.138 e. The Morgan fingerprint density at radius 3 is 2.80 bits per heavy atom. The highest BCUT2D eigenvalue weighted by Crippen LogP contribution is 2.30. The molecule has 2 rings (SSSR count). The minimum absolute atomic E-state index is 0.355. The van der Waals surface area contributed by atoms with Crippen LogP contribution >= 0.6 is 11.6 Å². The first kappa shape index (κ1) is 10.8. The molecule has 1 saturated carbocycles. The minimum atomic E-state index is 0.355. The molecule has 15 heavy (non-hydrogen) atoms. The van der Waals surface area contributed by atoms with Crippen molar-refractivity contribution in [1.82, 2.24) is 0 Å². The largest absolute Gasteiger partial charge is 0.489 e. The number of ether oxygens (including phenoxy) is 1. The van der Waals surface area contributed by atoms with Crippen molar-refractivity contribution in [3.8, 4) is 5.75 Å². The van der Waals surface area contributed by atoms with Crippen molar-refractivity contribution in [2.75, 3.05) is 0 Å². The monoisotopic (exact) mass is 224 g/mol. The Bertz CT molecular complexity index is 324. The van der Waals surface area contributed by atoms with Crippen LogP contribution in [0.4, 0.5) is 0 Å². The topological polar surface area (TPSA) is 9.23 Å². The molecule has 1 aliphatic carbocycles. The van der Waals surface area contributed by atoms with E-state index in [0.717, 1.165) is 29.5 Å². The summed E-state index contributed by atoms with van der Waals surface area (Å²) in [5.74, 6) is 1.62. The van der Waals surface area contributed by atoms with Gasteiger partial charge in [-0.1, -0.05) is 37.1 Å². The van der Waals surface area contributed by atoms with Gasteiger partial charge in [-0.3, -0.25) is 0 Å². The normalized spacial score (nSPS) is 26.3. The molecule has 1 aromatic carbocycles. The zero-order valence-corrected chi connectivity index (χ0v) is 9.83. The zero-order chi connectivity index (χ0) is 10.7. The predicted molar refractivity (Wildman–Crippen MR) is 63.5 cm³/mol. The van der Waals surface area contributed by atoms with Gasteiger partial charge in [-0.2, -0.15) is 0 Å². The minimum Gasteiger partial charge on any atom is -0.489 e. The Kier molecular flexibility index (Phi) is 3.53. The summed E-state index contributed by atoms with van der Waals surface area (Å²) < 4.78 is 5.92. The number of benzene rings is 1. The Balaban J connectivity index is 1.99. The Morgan fingerprint density at radius 1 is 1.27 bits per heavy atom. The molecule has 0 spiro atoms. The average Bonchev–Trinajstić information content (AvgIpc) is 2.22. The molecule has 1 nitrogen and oxygen atoms in total. The molecule has 0 aromatic heterocycles. The molecular weight excluding hydrogens is 208 g/mol. The van der Waals surface area contributed by atoms with E-state index in [1.165, 1.54) is 12.8 Å². The summed E-state index contributed by atoms with van der Waals surface area (Å²) in [4.78, 5) is 0. The van der Waals surface area contributed by atoms with Crippen LogP contribution in [0.3, 0.4) is 0 Å². The molecule has 0 aliphatic heterocycles. The van der Waals surface area contributed by atoms with Crippen LogP contribution in [0.2, 0.25) is 5.02 Å². The summed E-state index contributed by atoms with van der Waals surface area (Å²) >= 11 is 6.05. The summed E-state index contributed by atoms with van der Waals surface area (Å²) in [6.07, 6.45) is 5.29. The molecule has 1 fully saturated rings. The van der Waals surface area contributed by atoms with Crippen molar-refractivity contribution in [2.45, 2.75) is 38.7 Å². The Morgan fingerprint density at radius 2 is 2.07 bits per heavy atom. The lowest BCUT2D eigenvalue weighted by atomic mass is 9.89. The fourth-order valence-electron chi connectivity index (χ4n) is 2.21. The maximum absolute atomic E-state index is 6.05. The first-order valence-electron chi connectivity index (χ1n) is 5.67. The summed E-state index contributed by atoms with van der Waals surface area (Å²) in [5.41, 5.74) is 0. The molecule has 0 saturated heterocycles. The van der Waals surface area contributed by atoms with Crippen LogP contribution < -0.4 is 4.74 Å². The van der Waals surface area contributed by atoms with Gasteiger partial charge in [-0.05, 0) is 37.3 Å². The lowest BCUT2D eigenvalue weighted by Gasteiger charge is -2.27. The van der Waals surface area contributed by atoms with E-state index in [1.54, 1.807) is 0 Å². The molecule has 2 unspecified atom stereocenters. The van der Waals surface area contributed by atoms with Gasteiger partial charge in [0.05, 0.1) is 11.1 Å². The fourth-order valence-corrected chi connectivity index (χ4v) is 2.39. The van der Waals surface area contributed by atoms with E-state index in [-0.39, 0.29) is 0 Å². The lowest BCUT2D eigenvalue weighted by molar-refractivity contribution is 0.129. The number of hydrogen-bond acceptors (Lipinski definition) is 1. The summed E-state index contributed by atoms with van der Waals surface area (Å²) in [5, 5.41) is 0.718. The molecule has 2 atom stereocenters. The van der Waals surface area contributed by atoms with Crippen LogP contribution in [0, 0.1) is 5.92 Å². The molecule has 1 aliphatic rings. The van der Waals surface area contributed by atoms with Crippen molar-refractivity contribution >= 4 is 11.6 Å². The first-order chi connectivity index (χ1) is 7.25. The second-order valence-electron chi connectivity index (χ2n) is 4.44. The summed E-state index contributed by atoms with van der Waals surface area (Å²) in [6, 6.07) is 7.72. The molecule has 0 amide bonds. The van der Waals surface area contributed by atoms with Crippen LogP contribution in [0.25, 0.3) is 0 Å². The second-order valence-corrected chi connectivity index (χ2v) is 4.85. The van der Waals surface area contributed by atoms with E-state index in [1.807, 2.05) is 24.3 Å². The van der Waals surface area contributed by atoms with E-state index in [2.05, 4.69) is 6.92 Å². The van der Waals surface area contributed by atoms with Gasteiger partial charge in [0.15, 0.2) is 0 Å². The van der Waals surface area contributed by atoms with Gasteiger partial charge in [-0.15, -0.1) is 0 Å². The van der Waals surface area contributed by atoms with Gasteiger partial charge in [-0.25, -0.2) is 0 Å². The first-order valence-corrected chi connectivity index (χ1v) is 6.04. The highest BCUT2D eigenvalue weighted by Gasteiger charge is 2.20. The molecule has 0 heterocycles. The molecule has 0 N–H and O–H groups in total. The average molecular weight is 225 g/mol. The second kappa shape index (κ2) is 4.89. The van der Waals surface area contributed by atoms with E-state index in [0.29, 0.717) is 6.10 Å². The van der Waals surface area contributed by atoms with Gasteiger partial charge >= 0.3 is 0 Å². The number of para-hydroxylation sites is 1. The van der Waals surface area contributed by atoms with Crippen LogP contribution in [0.1, 0.15) is 32.6 Å². The highest BCUT2D eigenvalue weighted by atomic mass is 35.5. The van der Waals surface area contributed by atoms with Crippen LogP contribution in [0.15, 0.2) is 24.3 Å². The van der Waals surface area contributed by atoms with Crippen LogP contribution in [-0.2, 0) is 0 Å². The quantitative estimate of drug-likeness (QED) is 0.728. The van der Waals surface area contributed by atoms with E-state index in [9.17, 15) is 0 Å². The third-order valence-electron chi connectivity index (χ3n) is 3.02. The molecule has 0 bridgehead atoms. The maximum atomic E-state index is 6.05. The van der Waals surface area contributed by atoms with Crippen molar-refractivity contribution in [2.24, 2.45) is 5.92 Å². The third-order valence-corrected chi connectivity index (χ3v) is 3.33. The number of halogens is 1. The Labute approximate surface area is 96.4 Å². The SMILES string of the molecule is CC1CCCC(Oc2ccccc2Cl)C1. The standard InChI is InChI=1S/C13H17ClO/c1-10-5-4-6-11(9-10)15-13-8-3-2-7-12(13)14/h2-3,7-8,10-11H,4-6,9H2,1H3. The third kappa shape index (κ3) is 2.88. The molecule has 2 heteroatoms. The summed E-state index contributed by atoms with van der Waals surface area (Å²) in [6.45, 7) is 2.29. The molecular formula is C13H17ClO. The van der Waals surface area contributed by atoms with Gasteiger partial charge in [0, 0.05) is 0 Å². The van der Waals surface area contributed by atoms with Gasteiger partial charge in [0.25, 0.3) is 0 Å². The van der Waals surface area contributed by atoms with Gasteiger partial charge in [0.1, 0.15) is 5.75 Å². The van der Waals surface area contributed by atoms with E-state index in [4.69, 9.17) is 16.3 Å². The van der Waals surface area contributed by atoms with Crippen molar-refractivity contribution in [3.05, 3.63) is 29.3 Å². The van der Waals surface area contributed by atoms with Crippen LogP contribution in [0.5, 0.6) is 5.75 Å². The zero-order valence-electron chi connectivity index (χ0n) is 9.08. The van der Waals surface area contributed by atoms with E-state index < -0.39 is 0 Å². The maximum Gasteiger partial charge on any atom is 0.138 e. The number of hydrogen-bond donors (Lipinski definition) is 0. The number of rotatable bonds is 2. The van der Waals surface area contributed by atoms with E-state index >= 15 is 0 Å². The fraction of sp³-hybridized carbons (Fsp3) is 0.538. The van der Waals surface area contributed by atoms with Crippen molar-refractivity contribution in [3.63, 3.8) is 0 Å². The van der Waals surface area contributed by atoms with Crippen molar-refractivity contribution < 1.29 is 4.74 Å². The van der Waals surface area contributed by atoms with Crippen LogP contribution in [-0.4, -0.2) is 6.10 Å². The molecule has 82 valence electrons. The highest BCUT2D eigenvalue weighted by molar-refractivity contribution is 6.32. The molecule has 0 radical (unpaired) electrons. The lowest BCUT2D eigenvalue weighted by Crippen LogP contribution is -2.24. The van der Waals surface area contributed by atoms with Crippen molar-refractivity contribution in [1.29, 1.82) is 0 Å². The molecule has 1 aromatic rings. The predicted octanol–water partition coefficient (Wildman–Crippen LogP) is 4.30. The van der Waals surface area contributed by atoms with Gasteiger partial charge in [0.2, 0.25) is 0 Å². The Hall–Kier alpha value is -0.690. The summed E-state index contributed by atoms with van der Waals surface area (Å²) in [7, 11) is 0. The van der Waals surface area contributed by atoms with Gasteiger partial charge < -0.3 is 4.74 Å².